The number of hydrogen-bond donors (Lipinski definition) is 1. The van der Waals surface area contributed by atoms with Gasteiger partial charge in [0.05, 0.1) is 11.7 Å². The number of nitrogens with zero attached hydrogens (tertiary/aromatic N) is 3. The Balaban J connectivity index is 2.03. The summed E-state index contributed by atoms with van der Waals surface area (Å²) in [5, 5.41) is 2.82. The van der Waals surface area contributed by atoms with Crippen LogP contribution in [0.2, 0.25) is 0 Å². The van der Waals surface area contributed by atoms with Crippen molar-refractivity contribution in [2.75, 3.05) is 6.54 Å². The van der Waals surface area contributed by atoms with Gasteiger partial charge in [-0.3, -0.25) is 14.7 Å². The number of fused-ring (bicyclic) bond motifs is 1. The van der Waals surface area contributed by atoms with Crippen LogP contribution in [0.1, 0.15) is 44.3 Å². The van der Waals surface area contributed by atoms with Crippen molar-refractivity contribution in [3.63, 3.8) is 0 Å². The van der Waals surface area contributed by atoms with Gasteiger partial charge in [-0.1, -0.05) is 6.92 Å². The van der Waals surface area contributed by atoms with E-state index in [1.165, 1.54) is 10.6 Å². The summed E-state index contributed by atoms with van der Waals surface area (Å²) in [6, 6.07) is 3.23. The van der Waals surface area contributed by atoms with Crippen molar-refractivity contribution in [2.24, 2.45) is 0 Å². The summed E-state index contributed by atoms with van der Waals surface area (Å²) in [6.45, 7) is 2.62. The quantitative estimate of drug-likeness (QED) is 0.901. The van der Waals surface area contributed by atoms with Gasteiger partial charge in [0, 0.05) is 31.3 Å². The van der Waals surface area contributed by atoms with Gasteiger partial charge >= 0.3 is 0 Å². The molecule has 0 radical (unpaired) electrons. The van der Waals surface area contributed by atoms with E-state index in [-0.39, 0.29) is 17.5 Å². The van der Waals surface area contributed by atoms with E-state index in [4.69, 9.17) is 0 Å². The molecule has 20 heavy (non-hydrogen) atoms. The molecule has 2 aromatic heterocycles. The minimum Gasteiger partial charge on any atom is -0.334 e. The van der Waals surface area contributed by atoms with Gasteiger partial charge in [0.25, 0.3) is 5.56 Å². The lowest BCUT2D eigenvalue weighted by Gasteiger charge is -2.35. The molecule has 0 aliphatic carbocycles. The second-order valence-corrected chi connectivity index (χ2v) is 5.13. The monoisotopic (exact) mass is 274 g/mol. The summed E-state index contributed by atoms with van der Waals surface area (Å²) < 4.78 is 1.40. The van der Waals surface area contributed by atoms with Crippen molar-refractivity contribution in [1.29, 1.82) is 0 Å². The lowest BCUT2D eigenvalue weighted by molar-refractivity contribution is -0.134. The fourth-order valence-electron chi connectivity index (χ4n) is 2.86. The van der Waals surface area contributed by atoms with Crippen LogP contribution in [-0.2, 0) is 4.79 Å². The van der Waals surface area contributed by atoms with E-state index in [1.807, 2.05) is 11.8 Å². The molecule has 0 saturated carbocycles. The zero-order chi connectivity index (χ0) is 14.1. The largest absolute Gasteiger partial charge is 0.334 e. The molecule has 0 aromatic carbocycles. The summed E-state index contributed by atoms with van der Waals surface area (Å²) in [7, 11) is 0. The fraction of sp³-hybridized carbons (Fsp3) is 0.500. The Morgan fingerprint density at radius 3 is 3.15 bits per heavy atom. The highest BCUT2D eigenvalue weighted by Crippen LogP contribution is 2.29. The molecule has 3 heterocycles. The van der Waals surface area contributed by atoms with Gasteiger partial charge in [0.2, 0.25) is 5.91 Å². The lowest BCUT2D eigenvalue weighted by Crippen LogP contribution is -2.39. The van der Waals surface area contributed by atoms with Gasteiger partial charge in [-0.05, 0) is 19.3 Å². The molecule has 0 bridgehead atoms. The van der Waals surface area contributed by atoms with Crippen LogP contribution < -0.4 is 5.56 Å². The molecule has 1 amide bonds. The number of nitrogens with one attached hydrogen (secondary N) is 1. The molecule has 1 atom stereocenters. The standard InChI is InChI=1S/C14H18N4O2/c1-2-13(19)17-8-4-3-5-11(17)10-9-14(20)18-12(16-10)6-7-15-18/h6-7,9,11,15H,2-5,8H2,1H3/t11-/m0/s1. The minimum absolute atomic E-state index is 0.0659. The molecule has 0 spiro atoms. The Labute approximate surface area is 116 Å². The summed E-state index contributed by atoms with van der Waals surface area (Å²) in [4.78, 5) is 30.5. The molecule has 106 valence electrons. The summed E-state index contributed by atoms with van der Waals surface area (Å²) in [5.74, 6) is 0.130. The molecule has 1 saturated heterocycles. The van der Waals surface area contributed by atoms with Crippen molar-refractivity contribution >= 4 is 11.6 Å². The van der Waals surface area contributed by atoms with Crippen molar-refractivity contribution in [2.45, 2.75) is 38.6 Å². The summed E-state index contributed by atoms with van der Waals surface area (Å²) >= 11 is 0. The lowest BCUT2D eigenvalue weighted by atomic mass is 9.98. The molecule has 1 fully saturated rings. The molecule has 0 unspecified atom stereocenters. The average Bonchev–Trinajstić information content (AvgIpc) is 2.95. The maximum absolute atomic E-state index is 12.1. The molecule has 3 rings (SSSR count). The zero-order valence-corrected chi connectivity index (χ0v) is 11.5. The molecule has 1 N–H and O–H groups in total. The Hall–Kier alpha value is -2.11. The molecular formula is C14H18N4O2. The van der Waals surface area contributed by atoms with Crippen molar-refractivity contribution in [3.8, 4) is 0 Å². The van der Waals surface area contributed by atoms with Crippen molar-refractivity contribution < 1.29 is 4.79 Å². The second kappa shape index (κ2) is 5.11. The van der Waals surface area contributed by atoms with Gasteiger partial charge in [-0.2, -0.15) is 0 Å². The van der Waals surface area contributed by atoms with Gasteiger partial charge in [0.15, 0.2) is 5.65 Å². The number of piperidine rings is 1. The van der Waals surface area contributed by atoms with Crippen molar-refractivity contribution in [3.05, 3.63) is 34.4 Å². The highest BCUT2D eigenvalue weighted by atomic mass is 16.2. The van der Waals surface area contributed by atoms with Crippen LogP contribution in [0.15, 0.2) is 23.1 Å². The van der Waals surface area contributed by atoms with E-state index in [0.717, 1.165) is 25.8 Å². The van der Waals surface area contributed by atoms with E-state index >= 15 is 0 Å². The predicted octanol–water partition coefficient (Wildman–Crippen LogP) is 1.49. The number of amides is 1. The van der Waals surface area contributed by atoms with Gasteiger partial charge in [-0.15, -0.1) is 0 Å². The summed E-state index contributed by atoms with van der Waals surface area (Å²) in [6.07, 6.45) is 5.13. The van der Waals surface area contributed by atoms with E-state index in [2.05, 4.69) is 10.1 Å². The molecular weight excluding hydrogens is 256 g/mol. The smallest absolute Gasteiger partial charge is 0.272 e. The van der Waals surface area contributed by atoms with Crippen LogP contribution >= 0.6 is 0 Å². The molecule has 1 aliphatic rings. The Bertz CT molecular complexity index is 688. The number of rotatable bonds is 2. The first-order valence-corrected chi connectivity index (χ1v) is 7.07. The number of aromatic nitrogens is 3. The Morgan fingerprint density at radius 2 is 2.35 bits per heavy atom. The topological polar surface area (TPSA) is 70.5 Å². The van der Waals surface area contributed by atoms with Crippen LogP contribution in [0.25, 0.3) is 5.65 Å². The third kappa shape index (κ3) is 2.11. The van der Waals surface area contributed by atoms with E-state index in [0.29, 0.717) is 17.8 Å². The highest BCUT2D eigenvalue weighted by molar-refractivity contribution is 5.76. The fourth-order valence-corrected chi connectivity index (χ4v) is 2.86. The van der Waals surface area contributed by atoms with E-state index in [9.17, 15) is 9.59 Å². The van der Waals surface area contributed by atoms with Crippen LogP contribution in [0.3, 0.4) is 0 Å². The number of hydrogen-bond acceptors (Lipinski definition) is 3. The molecule has 6 nitrogen and oxygen atoms in total. The minimum atomic E-state index is -0.135. The number of aromatic amines is 1. The van der Waals surface area contributed by atoms with Crippen LogP contribution in [0, 0.1) is 0 Å². The average molecular weight is 274 g/mol. The van der Waals surface area contributed by atoms with Gasteiger partial charge in [0.1, 0.15) is 0 Å². The maximum atomic E-state index is 12.1. The van der Waals surface area contributed by atoms with Crippen molar-refractivity contribution in [1.82, 2.24) is 19.5 Å². The van der Waals surface area contributed by atoms with Gasteiger partial charge < -0.3 is 4.90 Å². The normalized spacial score (nSPS) is 19.4. The van der Waals surface area contributed by atoms with Crippen LogP contribution in [0.4, 0.5) is 0 Å². The number of likely N-dealkylation sites (tertiary alicyclic amines) is 1. The van der Waals surface area contributed by atoms with Crippen LogP contribution in [-0.4, -0.2) is 31.9 Å². The molecule has 2 aromatic rings. The number of carbonyl (C=O) groups excluding carboxylic acids is 1. The predicted molar refractivity (Wildman–Crippen MR) is 74.4 cm³/mol. The first kappa shape index (κ1) is 12.9. The van der Waals surface area contributed by atoms with Gasteiger partial charge in [-0.25, -0.2) is 9.50 Å². The van der Waals surface area contributed by atoms with E-state index < -0.39 is 0 Å². The molecule has 6 heteroatoms. The third-order valence-electron chi connectivity index (χ3n) is 3.87. The first-order chi connectivity index (χ1) is 9.70. The summed E-state index contributed by atoms with van der Waals surface area (Å²) in [5.41, 5.74) is 1.17. The number of carbonyl (C=O) groups is 1. The second-order valence-electron chi connectivity index (χ2n) is 5.13. The zero-order valence-electron chi connectivity index (χ0n) is 11.5. The maximum Gasteiger partial charge on any atom is 0.272 e. The molecule has 1 aliphatic heterocycles. The van der Waals surface area contributed by atoms with E-state index in [1.54, 1.807) is 12.3 Å². The Kier molecular flexibility index (Phi) is 3.30. The number of H-pyrrole nitrogens is 1. The Morgan fingerprint density at radius 1 is 1.50 bits per heavy atom. The SMILES string of the molecule is CCC(=O)N1CCCC[C@H]1c1cc(=O)n2[nH]ccc2n1. The first-order valence-electron chi connectivity index (χ1n) is 7.07. The van der Waals surface area contributed by atoms with Crippen LogP contribution in [0.5, 0.6) is 0 Å². The third-order valence-corrected chi connectivity index (χ3v) is 3.87. The highest BCUT2D eigenvalue weighted by Gasteiger charge is 2.28.